The van der Waals surface area contributed by atoms with Crippen molar-refractivity contribution in [2.24, 2.45) is 4.99 Å². The first-order valence-electron chi connectivity index (χ1n) is 7.42. The molecule has 0 aliphatic carbocycles. The van der Waals surface area contributed by atoms with Crippen LogP contribution >= 0.6 is 0 Å². The number of allylic oxidation sites excluding steroid dienone is 2. The lowest BCUT2D eigenvalue weighted by Gasteiger charge is -2.18. The van der Waals surface area contributed by atoms with Gasteiger partial charge in [-0.25, -0.2) is 0 Å². The molecule has 1 heterocycles. The number of amidine groups is 1. The molecule has 18 heavy (non-hydrogen) atoms. The Morgan fingerprint density at radius 3 is 2.83 bits per heavy atom. The minimum absolute atomic E-state index is 0.228. The van der Waals surface area contributed by atoms with E-state index in [2.05, 4.69) is 29.0 Å². The topological polar surface area (TPSA) is 35.8 Å². The van der Waals surface area contributed by atoms with Crippen LogP contribution in [0, 0.1) is 0 Å². The van der Waals surface area contributed by atoms with Gasteiger partial charge in [-0.05, 0) is 19.3 Å². The molecule has 1 aliphatic heterocycles. The fourth-order valence-corrected chi connectivity index (χ4v) is 2.26. The second kappa shape index (κ2) is 10.1. The summed E-state index contributed by atoms with van der Waals surface area (Å²) in [6, 6.07) is 0. The first-order chi connectivity index (χ1) is 8.88. The Labute approximate surface area is 112 Å². The monoisotopic (exact) mass is 252 g/mol. The second-order valence-electron chi connectivity index (χ2n) is 4.87. The first kappa shape index (κ1) is 15.2. The van der Waals surface area contributed by atoms with Crippen molar-refractivity contribution >= 4 is 5.84 Å². The largest absolute Gasteiger partial charge is 0.395 e. The van der Waals surface area contributed by atoms with E-state index in [1.54, 1.807) is 0 Å². The van der Waals surface area contributed by atoms with Crippen LogP contribution in [0.25, 0.3) is 0 Å². The van der Waals surface area contributed by atoms with Gasteiger partial charge in [-0.15, -0.1) is 0 Å². The van der Waals surface area contributed by atoms with Gasteiger partial charge in [0.15, 0.2) is 0 Å². The highest BCUT2D eigenvalue weighted by molar-refractivity contribution is 5.83. The lowest BCUT2D eigenvalue weighted by molar-refractivity contribution is 0.255. The van der Waals surface area contributed by atoms with E-state index in [0.29, 0.717) is 0 Å². The van der Waals surface area contributed by atoms with Gasteiger partial charge in [-0.3, -0.25) is 4.99 Å². The van der Waals surface area contributed by atoms with Crippen molar-refractivity contribution in [1.82, 2.24) is 4.90 Å². The van der Waals surface area contributed by atoms with Crippen LogP contribution in [0.4, 0.5) is 0 Å². The Balaban J connectivity index is 2.04. The predicted molar refractivity (Wildman–Crippen MR) is 78.1 cm³/mol. The molecule has 0 aromatic rings. The van der Waals surface area contributed by atoms with E-state index >= 15 is 0 Å². The number of hydrogen-bond acceptors (Lipinski definition) is 3. The van der Waals surface area contributed by atoms with Crippen molar-refractivity contribution in [2.45, 2.75) is 51.9 Å². The van der Waals surface area contributed by atoms with E-state index in [1.807, 2.05) is 0 Å². The summed E-state index contributed by atoms with van der Waals surface area (Å²) < 4.78 is 0. The summed E-state index contributed by atoms with van der Waals surface area (Å²) in [5.74, 6) is 1.18. The van der Waals surface area contributed by atoms with Gasteiger partial charge in [-0.2, -0.15) is 0 Å². The standard InChI is InChI=1S/C15H28N2O/c1-2-3-4-5-6-7-8-9-10-15-16-11-12-17(15)13-14-18/h7-8,18H,2-6,9-14H2,1H3/b8-7+. The Kier molecular flexibility index (Phi) is 8.57. The molecule has 1 aliphatic rings. The number of β-amino-alcohol motifs (C(OH)–C–C–N with tert-alkyl or cyclic N) is 1. The van der Waals surface area contributed by atoms with Crippen LogP contribution in [-0.2, 0) is 0 Å². The van der Waals surface area contributed by atoms with Gasteiger partial charge in [-0.1, -0.05) is 38.3 Å². The van der Waals surface area contributed by atoms with Crippen molar-refractivity contribution in [2.75, 3.05) is 26.2 Å². The smallest absolute Gasteiger partial charge is 0.0994 e. The van der Waals surface area contributed by atoms with Gasteiger partial charge in [0.1, 0.15) is 0 Å². The van der Waals surface area contributed by atoms with E-state index in [4.69, 9.17) is 5.11 Å². The van der Waals surface area contributed by atoms with Crippen molar-refractivity contribution in [1.29, 1.82) is 0 Å². The van der Waals surface area contributed by atoms with Crippen molar-refractivity contribution in [3.63, 3.8) is 0 Å². The third kappa shape index (κ3) is 6.20. The fourth-order valence-electron chi connectivity index (χ4n) is 2.26. The molecule has 3 heteroatoms. The predicted octanol–water partition coefficient (Wildman–Crippen LogP) is 3.00. The summed E-state index contributed by atoms with van der Waals surface area (Å²) in [5.41, 5.74) is 0. The van der Waals surface area contributed by atoms with E-state index in [-0.39, 0.29) is 6.61 Å². The molecule has 0 saturated heterocycles. The van der Waals surface area contributed by atoms with Crippen LogP contribution in [0.2, 0.25) is 0 Å². The molecule has 1 rings (SSSR count). The maximum Gasteiger partial charge on any atom is 0.0994 e. The Hall–Kier alpha value is -0.830. The Bertz CT molecular complexity index is 261. The minimum atomic E-state index is 0.228. The van der Waals surface area contributed by atoms with Crippen LogP contribution in [0.1, 0.15) is 51.9 Å². The molecule has 0 spiro atoms. The van der Waals surface area contributed by atoms with Crippen molar-refractivity contribution < 1.29 is 5.11 Å². The second-order valence-corrected chi connectivity index (χ2v) is 4.87. The summed E-state index contributed by atoms with van der Waals surface area (Å²) in [6.07, 6.45) is 13.3. The molecule has 0 radical (unpaired) electrons. The highest BCUT2D eigenvalue weighted by Crippen LogP contribution is 2.08. The first-order valence-corrected chi connectivity index (χ1v) is 7.42. The summed E-state index contributed by atoms with van der Waals surface area (Å²) in [6.45, 7) is 5.09. The van der Waals surface area contributed by atoms with E-state index in [0.717, 1.165) is 32.5 Å². The number of aliphatic hydroxyl groups is 1. The maximum atomic E-state index is 8.95. The molecule has 0 saturated carbocycles. The summed E-state index contributed by atoms with van der Waals surface area (Å²) in [4.78, 5) is 6.70. The van der Waals surface area contributed by atoms with Crippen LogP contribution in [0.3, 0.4) is 0 Å². The normalized spacial score (nSPS) is 15.7. The maximum absolute atomic E-state index is 8.95. The van der Waals surface area contributed by atoms with E-state index in [1.165, 1.54) is 37.9 Å². The molecule has 0 aromatic heterocycles. The Morgan fingerprint density at radius 2 is 2.06 bits per heavy atom. The number of aliphatic hydroxyl groups excluding tert-OH is 1. The van der Waals surface area contributed by atoms with Gasteiger partial charge >= 0.3 is 0 Å². The molecule has 0 unspecified atom stereocenters. The quantitative estimate of drug-likeness (QED) is 0.479. The van der Waals surface area contributed by atoms with E-state index < -0.39 is 0 Å². The van der Waals surface area contributed by atoms with Gasteiger partial charge in [0.2, 0.25) is 0 Å². The molecule has 0 aromatic carbocycles. The molecule has 3 nitrogen and oxygen atoms in total. The minimum Gasteiger partial charge on any atom is -0.395 e. The molecule has 0 atom stereocenters. The lowest BCUT2D eigenvalue weighted by atomic mass is 10.1. The zero-order chi connectivity index (χ0) is 13.1. The van der Waals surface area contributed by atoms with Crippen LogP contribution in [-0.4, -0.2) is 42.1 Å². The molecule has 0 amide bonds. The zero-order valence-electron chi connectivity index (χ0n) is 11.8. The number of unbranched alkanes of at least 4 members (excludes halogenated alkanes) is 4. The summed E-state index contributed by atoms with van der Waals surface area (Å²) >= 11 is 0. The highest BCUT2D eigenvalue weighted by Gasteiger charge is 2.14. The number of hydrogen-bond donors (Lipinski definition) is 1. The third-order valence-electron chi connectivity index (χ3n) is 3.32. The van der Waals surface area contributed by atoms with Gasteiger partial charge in [0.25, 0.3) is 0 Å². The van der Waals surface area contributed by atoms with Crippen molar-refractivity contribution in [3.05, 3.63) is 12.2 Å². The van der Waals surface area contributed by atoms with Crippen LogP contribution in [0.5, 0.6) is 0 Å². The highest BCUT2D eigenvalue weighted by atomic mass is 16.3. The molecular formula is C15H28N2O. The van der Waals surface area contributed by atoms with Crippen molar-refractivity contribution in [3.8, 4) is 0 Å². The third-order valence-corrected chi connectivity index (χ3v) is 3.32. The molecular weight excluding hydrogens is 224 g/mol. The van der Waals surface area contributed by atoms with Crippen LogP contribution in [0.15, 0.2) is 17.1 Å². The Morgan fingerprint density at radius 1 is 1.22 bits per heavy atom. The summed E-state index contributed by atoms with van der Waals surface area (Å²) in [5, 5.41) is 8.95. The molecule has 0 bridgehead atoms. The van der Waals surface area contributed by atoms with Crippen LogP contribution < -0.4 is 0 Å². The SMILES string of the molecule is CCCCCC/C=C/CCC1=NCCN1CCO. The zero-order valence-corrected chi connectivity index (χ0v) is 11.8. The summed E-state index contributed by atoms with van der Waals surface area (Å²) in [7, 11) is 0. The van der Waals surface area contributed by atoms with Gasteiger partial charge in [0.05, 0.1) is 19.0 Å². The number of rotatable bonds is 10. The lowest BCUT2D eigenvalue weighted by Crippen LogP contribution is -2.30. The average molecular weight is 252 g/mol. The molecule has 104 valence electrons. The van der Waals surface area contributed by atoms with Gasteiger partial charge in [0, 0.05) is 19.5 Å². The van der Waals surface area contributed by atoms with Gasteiger partial charge < -0.3 is 10.0 Å². The molecule has 1 N–H and O–H groups in total. The number of aliphatic imine (C=N–C) groups is 1. The average Bonchev–Trinajstić information content (AvgIpc) is 2.81. The number of nitrogens with zero attached hydrogens (tertiary/aromatic N) is 2. The molecule has 0 fully saturated rings. The van der Waals surface area contributed by atoms with E-state index in [9.17, 15) is 0 Å². The fraction of sp³-hybridized carbons (Fsp3) is 0.800.